The number of pyridine rings is 1. The van der Waals surface area contributed by atoms with Gasteiger partial charge in [0.05, 0.1) is 11.7 Å². The van der Waals surface area contributed by atoms with Crippen LogP contribution in [0, 0.1) is 0 Å². The average molecular weight is 387 g/mol. The van der Waals surface area contributed by atoms with E-state index in [9.17, 15) is 15.0 Å². The van der Waals surface area contributed by atoms with Crippen LogP contribution in [-0.2, 0) is 0 Å². The summed E-state index contributed by atoms with van der Waals surface area (Å²) in [6, 6.07) is 8.93. The normalized spacial score (nSPS) is 13.9. The van der Waals surface area contributed by atoms with E-state index < -0.39 is 11.7 Å². The van der Waals surface area contributed by atoms with Crippen LogP contribution in [0.3, 0.4) is 0 Å². The van der Waals surface area contributed by atoms with E-state index in [1.54, 1.807) is 42.9 Å². The van der Waals surface area contributed by atoms with E-state index in [-0.39, 0.29) is 17.2 Å². The fraction of sp³-hybridized carbons (Fsp3) is 0. The van der Waals surface area contributed by atoms with E-state index in [4.69, 9.17) is 4.42 Å². The molecule has 142 valence electrons. The van der Waals surface area contributed by atoms with Gasteiger partial charge in [-0.05, 0) is 36.4 Å². The molecule has 0 saturated carbocycles. The number of nitrogens with one attached hydrogen (secondary N) is 2. The SMILES string of the molecule is O=C(O)c1c(Nc2ccc3[nH]ncc3c2)oc(C=C2C=Nc3ncccc32)c1O. The zero-order chi connectivity index (χ0) is 20.0. The van der Waals surface area contributed by atoms with Crippen LogP contribution in [0.5, 0.6) is 5.75 Å². The minimum Gasteiger partial charge on any atom is -0.504 e. The van der Waals surface area contributed by atoms with Gasteiger partial charge in [-0.25, -0.2) is 14.8 Å². The summed E-state index contributed by atoms with van der Waals surface area (Å²) in [5, 5.41) is 30.6. The number of hydrogen-bond donors (Lipinski definition) is 4. The smallest absolute Gasteiger partial charge is 0.345 e. The van der Waals surface area contributed by atoms with Gasteiger partial charge in [0, 0.05) is 34.6 Å². The lowest BCUT2D eigenvalue weighted by molar-refractivity contribution is 0.0695. The summed E-state index contributed by atoms with van der Waals surface area (Å²) in [4.78, 5) is 20.1. The number of fused-ring (bicyclic) bond motifs is 2. The third-order valence-electron chi connectivity index (χ3n) is 4.53. The maximum Gasteiger partial charge on any atom is 0.345 e. The average Bonchev–Trinajstić information content (AvgIpc) is 3.40. The Kier molecular flexibility index (Phi) is 3.66. The summed E-state index contributed by atoms with van der Waals surface area (Å²) in [6.45, 7) is 0. The van der Waals surface area contributed by atoms with E-state index in [2.05, 4.69) is 25.5 Å². The van der Waals surface area contributed by atoms with Crippen molar-refractivity contribution in [3.63, 3.8) is 0 Å². The van der Waals surface area contributed by atoms with Crippen molar-refractivity contribution in [1.82, 2.24) is 15.2 Å². The predicted octanol–water partition coefficient (Wildman–Crippen LogP) is 3.95. The number of rotatable bonds is 4. The number of hydrogen-bond acceptors (Lipinski definition) is 7. The molecule has 4 N–H and O–H groups in total. The summed E-state index contributed by atoms with van der Waals surface area (Å²) in [5.41, 5.74) is 2.49. The Labute approximate surface area is 163 Å². The number of carboxylic acid groups (broad SMARTS) is 1. The number of carbonyl (C=O) groups is 1. The molecule has 1 aliphatic heterocycles. The number of benzene rings is 1. The molecule has 9 heteroatoms. The topological polar surface area (TPSA) is 137 Å². The highest BCUT2D eigenvalue weighted by atomic mass is 16.4. The van der Waals surface area contributed by atoms with Crippen LogP contribution in [0.4, 0.5) is 17.4 Å². The van der Waals surface area contributed by atoms with Crippen LogP contribution in [-0.4, -0.2) is 37.6 Å². The molecule has 1 aliphatic rings. The summed E-state index contributed by atoms with van der Waals surface area (Å²) in [6.07, 6.45) is 6.40. The maximum absolute atomic E-state index is 11.7. The highest BCUT2D eigenvalue weighted by Crippen LogP contribution is 2.39. The zero-order valence-electron chi connectivity index (χ0n) is 14.7. The minimum absolute atomic E-state index is 0.00689. The van der Waals surface area contributed by atoms with E-state index in [0.29, 0.717) is 17.1 Å². The molecular formula is C20H13N5O4. The number of allylic oxidation sites excluding steroid dienone is 1. The highest BCUT2D eigenvalue weighted by molar-refractivity contribution is 6.21. The third kappa shape index (κ3) is 2.81. The van der Waals surface area contributed by atoms with Crippen LogP contribution in [0.1, 0.15) is 21.7 Å². The number of aromatic amines is 1. The molecule has 0 atom stereocenters. The van der Waals surface area contributed by atoms with E-state index >= 15 is 0 Å². The van der Waals surface area contributed by atoms with Crippen molar-refractivity contribution in [2.45, 2.75) is 0 Å². The number of nitrogens with zero attached hydrogens (tertiary/aromatic N) is 3. The molecule has 0 saturated heterocycles. The molecule has 0 radical (unpaired) electrons. The van der Waals surface area contributed by atoms with Crippen molar-refractivity contribution in [2.75, 3.05) is 5.32 Å². The Balaban J connectivity index is 1.56. The van der Waals surface area contributed by atoms with Gasteiger partial charge in [-0.1, -0.05) is 0 Å². The van der Waals surface area contributed by atoms with Crippen molar-refractivity contribution >= 4 is 52.1 Å². The van der Waals surface area contributed by atoms with Gasteiger partial charge < -0.3 is 19.9 Å². The highest BCUT2D eigenvalue weighted by Gasteiger charge is 2.26. The molecule has 0 spiro atoms. The van der Waals surface area contributed by atoms with Crippen molar-refractivity contribution < 1.29 is 19.4 Å². The van der Waals surface area contributed by atoms with Crippen LogP contribution >= 0.6 is 0 Å². The lowest BCUT2D eigenvalue weighted by Crippen LogP contribution is -1.99. The first-order valence-corrected chi connectivity index (χ1v) is 8.60. The van der Waals surface area contributed by atoms with Gasteiger partial charge >= 0.3 is 5.97 Å². The Morgan fingerprint density at radius 2 is 2.17 bits per heavy atom. The van der Waals surface area contributed by atoms with E-state index in [1.807, 2.05) is 6.07 Å². The summed E-state index contributed by atoms with van der Waals surface area (Å²) in [7, 11) is 0. The Morgan fingerprint density at radius 1 is 1.28 bits per heavy atom. The van der Waals surface area contributed by atoms with Gasteiger partial charge in [0.25, 0.3) is 0 Å². The monoisotopic (exact) mass is 387 g/mol. The molecule has 1 aromatic carbocycles. The van der Waals surface area contributed by atoms with Gasteiger partial charge in [-0.2, -0.15) is 5.10 Å². The summed E-state index contributed by atoms with van der Waals surface area (Å²) in [5.74, 6) is -1.30. The first kappa shape index (κ1) is 16.8. The molecule has 4 heterocycles. The zero-order valence-corrected chi connectivity index (χ0v) is 14.7. The van der Waals surface area contributed by atoms with Crippen LogP contribution in [0.2, 0.25) is 0 Å². The molecule has 9 nitrogen and oxygen atoms in total. The first-order chi connectivity index (χ1) is 14.1. The minimum atomic E-state index is -1.31. The summed E-state index contributed by atoms with van der Waals surface area (Å²) < 4.78 is 5.66. The van der Waals surface area contributed by atoms with Crippen LogP contribution in [0.25, 0.3) is 22.6 Å². The number of aromatic nitrogens is 3. The quantitative estimate of drug-likeness (QED) is 0.416. The van der Waals surface area contributed by atoms with Gasteiger partial charge in [-0.3, -0.25) is 5.10 Å². The third-order valence-corrected chi connectivity index (χ3v) is 4.53. The fourth-order valence-corrected chi connectivity index (χ4v) is 3.16. The Bertz CT molecular complexity index is 1330. The molecule has 29 heavy (non-hydrogen) atoms. The second-order valence-electron chi connectivity index (χ2n) is 6.35. The van der Waals surface area contributed by atoms with Crippen LogP contribution < -0.4 is 5.32 Å². The largest absolute Gasteiger partial charge is 0.504 e. The fourth-order valence-electron chi connectivity index (χ4n) is 3.16. The molecule has 0 aliphatic carbocycles. The Morgan fingerprint density at radius 3 is 3.03 bits per heavy atom. The second kappa shape index (κ2) is 6.34. The Hall–Kier alpha value is -4.40. The van der Waals surface area contributed by atoms with Crippen molar-refractivity contribution in [3.05, 3.63) is 59.6 Å². The van der Waals surface area contributed by atoms with Crippen molar-refractivity contribution in [1.29, 1.82) is 0 Å². The first-order valence-electron chi connectivity index (χ1n) is 8.60. The number of aromatic hydroxyl groups is 1. The molecule has 0 amide bonds. The lowest BCUT2D eigenvalue weighted by Gasteiger charge is -2.04. The standard InChI is InChI=1S/C20H13N5O4/c26-17-15(7-10-8-22-18-13(10)2-1-5-21-18)29-19(16(17)20(27)28)24-12-3-4-14-11(6-12)9-23-25-14/h1-9,24,26H,(H,23,25)(H,27,28). The number of H-pyrrole nitrogens is 1. The van der Waals surface area contributed by atoms with Crippen molar-refractivity contribution in [2.24, 2.45) is 4.99 Å². The number of aromatic carboxylic acids is 1. The van der Waals surface area contributed by atoms with Gasteiger partial charge in [-0.15, -0.1) is 0 Å². The molecule has 3 aromatic heterocycles. The second-order valence-corrected chi connectivity index (χ2v) is 6.35. The number of anilines is 2. The van der Waals surface area contributed by atoms with E-state index in [1.165, 1.54) is 6.08 Å². The van der Waals surface area contributed by atoms with Gasteiger partial charge in [0.15, 0.2) is 22.9 Å². The van der Waals surface area contributed by atoms with E-state index in [0.717, 1.165) is 16.5 Å². The van der Waals surface area contributed by atoms with Gasteiger partial charge in [0.2, 0.25) is 5.88 Å². The molecular weight excluding hydrogens is 374 g/mol. The molecule has 0 bridgehead atoms. The number of carboxylic acids is 1. The predicted molar refractivity (Wildman–Crippen MR) is 107 cm³/mol. The van der Waals surface area contributed by atoms with Crippen LogP contribution in [0.15, 0.2) is 52.1 Å². The summed E-state index contributed by atoms with van der Waals surface area (Å²) >= 11 is 0. The lowest BCUT2D eigenvalue weighted by atomic mass is 10.1. The molecule has 0 unspecified atom stereocenters. The molecule has 0 fully saturated rings. The molecule has 4 aromatic rings. The molecule has 5 rings (SSSR count). The number of aliphatic imine (C=N–C) groups is 1. The maximum atomic E-state index is 11.7. The number of furan rings is 1. The van der Waals surface area contributed by atoms with Crippen molar-refractivity contribution in [3.8, 4) is 5.75 Å². The van der Waals surface area contributed by atoms with Gasteiger partial charge in [0.1, 0.15) is 0 Å².